The standard InChI is InChI=1S/C20H22ClN3O3/c1-2-27-16-9-7-15(8-10-16)24-13-14(11-19(24)25)12-22-20(26)23-18-6-4-3-5-17(18)21/h3-10,14H,2,11-13H2,1H3,(H2,22,23,26). The van der Waals surface area contributed by atoms with Crippen LogP contribution in [0.3, 0.4) is 0 Å². The maximum atomic E-state index is 12.3. The van der Waals surface area contributed by atoms with Crippen LogP contribution in [0.15, 0.2) is 48.5 Å². The number of ether oxygens (including phenoxy) is 1. The Morgan fingerprint density at radius 2 is 1.96 bits per heavy atom. The first-order valence-corrected chi connectivity index (χ1v) is 9.27. The molecule has 6 nitrogen and oxygen atoms in total. The van der Waals surface area contributed by atoms with E-state index in [4.69, 9.17) is 16.3 Å². The van der Waals surface area contributed by atoms with Gasteiger partial charge in [0.05, 0.1) is 17.3 Å². The lowest BCUT2D eigenvalue weighted by Crippen LogP contribution is -2.34. The second kappa shape index (κ2) is 8.77. The van der Waals surface area contributed by atoms with Gasteiger partial charge < -0.3 is 20.3 Å². The third-order valence-corrected chi connectivity index (χ3v) is 4.67. The minimum atomic E-state index is -0.338. The first kappa shape index (κ1) is 19.0. The Hall–Kier alpha value is -2.73. The Morgan fingerprint density at radius 1 is 1.22 bits per heavy atom. The molecule has 1 fully saturated rings. The normalized spacial score (nSPS) is 16.3. The molecule has 2 aromatic rings. The van der Waals surface area contributed by atoms with Gasteiger partial charge in [-0.15, -0.1) is 0 Å². The summed E-state index contributed by atoms with van der Waals surface area (Å²) in [6.07, 6.45) is 0.402. The van der Waals surface area contributed by atoms with Gasteiger partial charge in [-0.2, -0.15) is 0 Å². The number of nitrogens with zero attached hydrogens (tertiary/aromatic N) is 1. The van der Waals surface area contributed by atoms with Crippen molar-refractivity contribution in [2.45, 2.75) is 13.3 Å². The van der Waals surface area contributed by atoms with Crippen molar-refractivity contribution >= 4 is 34.9 Å². The zero-order chi connectivity index (χ0) is 19.2. The van der Waals surface area contributed by atoms with Gasteiger partial charge in [0.25, 0.3) is 0 Å². The molecule has 3 rings (SSSR count). The molecule has 0 spiro atoms. The Bertz CT molecular complexity index is 810. The third-order valence-electron chi connectivity index (χ3n) is 4.34. The number of halogens is 1. The fraction of sp³-hybridized carbons (Fsp3) is 0.300. The lowest BCUT2D eigenvalue weighted by Gasteiger charge is -2.17. The highest BCUT2D eigenvalue weighted by atomic mass is 35.5. The van der Waals surface area contributed by atoms with E-state index in [1.54, 1.807) is 29.2 Å². The Morgan fingerprint density at radius 3 is 2.67 bits per heavy atom. The lowest BCUT2D eigenvalue weighted by atomic mass is 10.1. The van der Waals surface area contributed by atoms with Crippen molar-refractivity contribution in [1.29, 1.82) is 0 Å². The predicted molar refractivity (Wildman–Crippen MR) is 107 cm³/mol. The van der Waals surface area contributed by atoms with E-state index in [0.29, 0.717) is 36.8 Å². The summed E-state index contributed by atoms with van der Waals surface area (Å²) in [5.74, 6) is 0.890. The number of carbonyl (C=O) groups excluding carboxylic acids is 2. The average Bonchev–Trinajstić information content (AvgIpc) is 3.04. The van der Waals surface area contributed by atoms with E-state index < -0.39 is 0 Å². The number of hydrogen-bond acceptors (Lipinski definition) is 3. The highest BCUT2D eigenvalue weighted by Crippen LogP contribution is 2.26. The van der Waals surface area contributed by atoms with Gasteiger partial charge in [0, 0.05) is 31.1 Å². The van der Waals surface area contributed by atoms with Gasteiger partial charge in [-0.05, 0) is 43.3 Å². The highest BCUT2D eigenvalue weighted by molar-refractivity contribution is 6.33. The second-order valence-corrected chi connectivity index (χ2v) is 6.72. The molecule has 0 aromatic heterocycles. The van der Waals surface area contributed by atoms with E-state index in [-0.39, 0.29) is 17.9 Å². The van der Waals surface area contributed by atoms with E-state index in [1.807, 2.05) is 31.2 Å². The maximum Gasteiger partial charge on any atom is 0.319 e. The van der Waals surface area contributed by atoms with Gasteiger partial charge in [0.1, 0.15) is 5.75 Å². The van der Waals surface area contributed by atoms with Crippen LogP contribution in [-0.4, -0.2) is 31.6 Å². The van der Waals surface area contributed by atoms with Gasteiger partial charge in [-0.25, -0.2) is 4.79 Å². The number of hydrogen-bond donors (Lipinski definition) is 2. The topological polar surface area (TPSA) is 70.7 Å². The molecule has 7 heteroatoms. The van der Waals surface area contributed by atoms with E-state index in [0.717, 1.165) is 11.4 Å². The van der Waals surface area contributed by atoms with Crippen molar-refractivity contribution in [2.75, 3.05) is 29.9 Å². The van der Waals surface area contributed by atoms with Crippen molar-refractivity contribution in [3.63, 3.8) is 0 Å². The van der Waals surface area contributed by atoms with E-state index >= 15 is 0 Å². The summed E-state index contributed by atoms with van der Waals surface area (Å²) in [4.78, 5) is 26.1. The number of anilines is 2. The molecule has 2 N–H and O–H groups in total. The molecule has 1 aliphatic heterocycles. The minimum Gasteiger partial charge on any atom is -0.494 e. The number of nitrogens with one attached hydrogen (secondary N) is 2. The summed E-state index contributed by atoms with van der Waals surface area (Å²) in [5.41, 5.74) is 1.39. The summed E-state index contributed by atoms with van der Waals surface area (Å²) in [6, 6.07) is 14.2. The van der Waals surface area contributed by atoms with Crippen molar-refractivity contribution in [1.82, 2.24) is 5.32 Å². The Kier molecular flexibility index (Phi) is 6.19. The van der Waals surface area contributed by atoms with Crippen LogP contribution in [0, 0.1) is 5.92 Å². The number of benzene rings is 2. The summed E-state index contributed by atoms with van der Waals surface area (Å²) >= 11 is 6.03. The molecule has 3 amide bonds. The predicted octanol–water partition coefficient (Wildman–Crippen LogP) is 3.91. The third kappa shape index (κ3) is 4.92. The van der Waals surface area contributed by atoms with Crippen LogP contribution in [0.1, 0.15) is 13.3 Å². The van der Waals surface area contributed by atoms with Gasteiger partial charge in [0.15, 0.2) is 0 Å². The molecule has 1 atom stereocenters. The molecule has 0 aliphatic carbocycles. The minimum absolute atomic E-state index is 0.0532. The van der Waals surface area contributed by atoms with Crippen LogP contribution in [0.25, 0.3) is 0 Å². The van der Waals surface area contributed by atoms with Crippen molar-refractivity contribution < 1.29 is 14.3 Å². The number of amides is 3. The van der Waals surface area contributed by atoms with Crippen molar-refractivity contribution in [3.05, 3.63) is 53.6 Å². The Balaban J connectivity index is 1.51. The zero-order valence-electron chi connectivity index (χ0n) is 15.1. The summed E-state index contributed by atoms with van der Waals surface area (Å²) < 4.78 is 5.43. The number of rotatable bonds is 6. The van der Waals surface area contributed by atoms with Gasteiger partial charge >= 0.3 is 6.03 Å². The van der Waals surface area contributed by atoms with Crippen LogP contribution < -0.4 is 20.3 Å². The quantitative estimate of drug-likeness (QED) is 0.789. The summed E-state index contributed by atoms with van der Waals surface area (Å²) in [7, 11) is 0. The largest absolute Gasteiger partial charge is 0.494 e. The smallest absolute Gasteiger partial charge is 0.319 e. The first-order valence-electron chi connectivity index (χ1n) is 8.89. The molecule has 142 valence electrons. The van der Waals surface area contributed by atoms with Crippen LogP contribution >= 0.6 is 11.6 Å². The fourth-order valence-electron chi connectivity index (χ4n) is 3.02. The molecule has 1 aliphatic rings. The second-order valence-electron chi connectivity index (χ2n) is 6.32. The van der Waals surface area contributed by atoms with Crippen LogP contribution in [0.2, 0.25) is 5.02 Å². The number of urea groups is 1. The maximum absolute atomic E-state index is 12.3. The van der Waals surface area contributed by atoms with Crippen LogP contribution in [0.5, 0.6) is 5.75 Å². The molecule has 1 saturated heterocycles. The molecular weight excluding hydrogens is 366 g/mol. The molecule has 1 unspecified atom stereocenters. The van der Waals surface area contributed by atoms with E-state index in [9.17, 15) is 9.59 Å². The average molecular weight is 388 g/mol. The molecule has 1 heterocycles. The highest BCUT2D eigenvalue weighted by Gasteiger charge is 2.30. The van der Waals surface area contributed by atoms with Crippen LogP contribution in [-0.2, 0) is 4.79 Å². The van der Waals surface area contributed by atoms with E-state index in [2.05, 4.69) is 10.6 Å². The SMILES string of the molecule is CCOc1ccc(N2CC(CNC(=O)Nc3ccccc3Cl)CC2=O)cc1. The zero-order valence-corrected chi connectivity index (χ0v) is 15.8. The van der Waals surface area contributed by atoms with Crippen molar-refractivity contribution in [2.24, 2.45) is 5.92 Å². The number of para-hydroxylation sites is 1. The first-order chi connectivity index (χ1) is 13.1. The van der Waals surface area contributed by atoms with Gasteiger partial charge in [-0.3, -0.25) is 4.79 Å². The molecule has 2 aromatic carbocycles. The van der Waals surface area contributed by atoms with Crippen LogP contribution in [0.4, 0.5) is 16.2 Å². The van der Waals surface area contributed by atoms with Crippen molar-refractivity contribution in [3.8, 4) is 5.75 Å². The molecule has 0 bridgehead atoms. The Labute approximate surface area is 163 Å². The summed E-state index contributed by atoms with van der Waals surface area (Å²) in [6.45, 7) is 3.51. The molecule has 0 radical (unpaired) electrons. The molecule has 0 saturated carbocycles. The van der Waals surface area contributed by atoms with E-state index in [1.165, 1.54) is 0 Å². The van der Waals surface area contributed by atoms with Gasteiger partial charge in [-0.1, -0.05) is 23.7 Å². The monoisotopic (exact) mass is 387 g/mol. The lowest BCUT2D eigenvalue weighted by molar-refractivity contribution is -0.117. The number of carbonyl (C=O) groups is 2. The molecule has 27 heavy (non-hydrogen) atoms. The van der Waals surface area contributed by atoms with Gasteiger partial charge in [0.2, 0.25) is 5.91 Å². The summed E-state index contributed by atoms with van der Waals surface area (Å²) in [5, 5.41) is 6.00. The fourth-order valence-corrected chi connectivity index (χ4v) is 3.21. The molecular formula is C20H22ClN3O3.